The average molecular weight is 322 g/mol. The van der Waals surface area contributed by atoms with Gasteiger partial charge in [0.2, 0.25) is 0 Å². The number of hydrogen-bond acceptors (Lipinski definition) is 3. The van der Waals surface area contributed by atoms with Crippen LogP contribution in [0.5, 0.6) is 0 Å². The van der Waals surface area contributed by atoms with Crippen molar-refractivity contribution in [2.75, 3.05) is 10.6 Å². The lowest BCUT2D eigenvalue weighted by molar-refractivity contribution is 0.262. The molecule has 2 amide bonds. The molecule has 122 valence electrons. The first-order valence-electron chi connectivity index (χ1n) is 7.59. The molecule has 0 atom stereocenters. The molecule has 0 aliphatic carbocycles. The van der Waals surface area contributed by atoms with Gasteiger partial charge in [-0.25, -0.2) is 9.78 Å². The van der Waals surface area contributed by atoms with Crippen molar-refractivity contribution in [2.45, 2.75) is 20.8 Å². The minimum absolute atomic E-state index is 0.170. The average Bonchev–Trinajstić information content (AvgIpc) is 2.52. The lowest BCUT2D eigenvalue weighted by Crippen LogP contribution is -2.28. The highest BCUT2D eigenvalue weighted by Crippen LogP contribution is 2.13. The number of nitrogens with one attached hydrogen (secondary N) is 2. The molecule has 6 nitrogen and oxygen atoms in total. The quantitative estimate of drug-likeness (QED) is 0.760. The van der Waals surface area contributed by atoms with E-state index in [1.807, 2.05) is 38.1 Å². The Hall–Kier alpha value is -3.15. The highest BCUT2D eigenvalue weighted by molar-refractivity contribution is 6.00. The van der Waals surface area contributed by atoms with E-state index in [1.165, 1.54) is 4.40 Å². The Balaban J connectivity index is 1.92. The summed E-state index contributed by atoms with van der Waals surface area (Å²) in [7, 11) is 0. The van der Waals surface area contributed by atoms with Crippen LogP contribution in [0.3, 0.4) is 0 Å². The van der Waals surface area contributed by atoms with Crippen LogP contribution in [0, 0.1) is 20.8 Å². The Kier molecular flexibility index (Phi) is 4.04. The first-order valence-corrected chi connectivity index (χ1v) is 7.59. The monoisotopic (exact) mass is 322 g/mol. The summed E-state index contributed by atoms with van der Waals surface area (Å²) in [4.78, 5) is 29.3. The van der Waals surface area contributed by atoms with E-state index in [-0.39, 0.29) is 11.2 Å². The fourth-order valence-corrected chi connectivity index (χ4v) is 2.55. The second-order valence-electron chi connectivity index (χ2n) is 5.71. The normalized spacial score (nSPS) is 10.6. The van der Waals surface area contributed by atoms with Crippen molar-refractivity contribution in [3.05, 3.63) is 69.8 Å². The molecule has 0 fully saturated rings. The van der Waals surface area contributed by atoms with Crippen molar-refractivity contribution >= 4 is 23.1 Å². The third-order valence-electron chi connectivity index (χ3n) is 3.74. The molecular formula is C18H18N4O2. The van der Waals surface area contributed by atoms with Gasteiger partial charge in [-0.15, -0.1) is 0 Å². The van der Waals surface area contributed by atoms with Crippen molar-refractivity contribution in [1.29, 1.82) is 0 Å². The lowest BCUT2D eigenvalue weighted by Gasteiger charge is -2.11. The van der Waals surface area contributed by atoms with Gasteiger partial charge in [0.05, 0.1) is 5.69 Å². The van der Waals surface area contributed by atoms with Gasteiger partial charge in [-0.3, -0.25) is 9.20 Å². The summed E-state index contributed by atoms with van der Waals surface area (Å²) >= 11 is 0. The van der Waals surface area contributed by atoms with E-state index in [0.717, 1.165) is 11.1 Å². The number of fused-ring (bicyclic) bond motifs is 1. The zero-order valence-corrected chi connectivity index (χ0v) is 13.8. The van der Waals surface area contributed by atoms with E-state index >= 15 is 0 Å². The number of benzene rings is 1. The zero-order chi connectivity index (χ0) is 17.3. The SMILES string of the molecule is Cc1cccc(NC(=O)Nc2c(C)nc3c(C)cccn3c2=O)c1. The molecule has 2 heterocycles. The number of pyridine rings is 1. The van der Waals surface area contributed by atoms with Gasteiger partial charge in [0.1, 0.15) is 11.3 Å². The van der Waals surface area contributed by atoms with Gasteiger partial charge in [-0.1, -0.05) is 18.2 Å². The van der Waals surface area contributed by atoms with Gasteiger partial charge in [0.15, 0.2) is 0 Å². The highest BCUT2D eigenvalue weighted by Gasteiger charge is 2.13. The molecule has 0 unspecified atom stereocenters. The predicted octanol–water partition coefficient (Wildman–Crippen LogP) is 3.26. The van der Waals surface area contributed by atoms with Crippen LogP contribution in [0.4, 0.5) is 16.2 Å². The largest absolute Gasteiger partial charge is 0.323 e. The molecule has 0 bridgehead atoms. The molecule has 0 saturated carbocycles. The summed E-state index contributed by atoms with van der Waals surface area (Å²) in [5.74, 6) is 0. The molecule has 24 heavy (non-hydrogen) atoms. The van der Waals surface area contributed by atoms with Crippen LogP contribution < -0.4 is 16.2 Å². The smallest absolute Gasteiger partial charge is 0.308 e. The summed E-state index contributed by atoms with van der Waals surface area (Å²) < 4.78 is 1.44. The van der Waals surface area contributed by atoms with Crippen molar-refractivity contribution in [2.24, 2.45) is 0 Å². The van der Waals surface area contributed by atoms with Gasteiger partial charge >= 0.3 is 6.03 Å². The molecule has 0 saturated heterocycles. The van der Waals surface area contributed by atoms with Gasteiger partial charge in [0, 0.05) is 11.9 Å². The number of carbonyl (C=O) groups is 1. The number of urea groups is 1. The first-order chi connectivity index (χ1) is 11.5. The number of rotatable bonds is 2. The van der Waals surface area contributed by atoms with Crippen LogP contribution >= 0.6 is 0 Å². The van der Waals surface area contributed by atoms with Gasteiger partial charge in [0.25, 0.3) is 5.56 Å². The van der Waals surface area contributed by atoms with E-state index < -0.39 is 6.03 Å². The molecule has 3 rings (SSSR count). The maximum absolute atomic E-state index is 12.6. The zero-order valence-electron chi connectivity index (χ0n) is 13.8. The summed E-state index contributed by atoms with van der Waals surface area (Å²) in [5, 5.41) is 5.33. The number of anilines is 2. The minimum atomic E-state index is -0.477. The van der Waals surface area contributed by atoms with Crippen molar-refractivity contribution in [3.8, 4) is 0 Å². The van der Waals surface area contributed by atoms with Crippen molar-refractivity contribution in [1.82, 2.24) is 9.38 Å². The van der Waals surface area contributed by atoms with Crippen LogP contribution in [0.1, 0.15) is 16.8 Å². The third-order valence-corrected chi connectivity index (χ3v) is 3.74. The summed E-state index contributed by atoms with van der Waals surface area (Å²) in [6, 6.07) is 10.6. The summed E-state index contributed by atoms with van der Waals surface area (Å²) in [5.41, 5.74) is 3.53. The molecule has 1 aromatic carbocycles. The Morgan fingerprint density at radius 3 is 2.62 bits per heavy atom. The minimum Gasteiger partial charge on any atom is -0.308 e. The van der Waals surface area contributed by atoms with Crippen molar-refractivity contribution in [3.63, 3.8) is 0 Å². The lowest BCUT2D eigenvalue weighted by atomic mass is 10.2. The van der Waals surface area contributed by atoms with Crippen LogP contribution in [0.15, 0.2) is 47.4 Å². The number of carbonyl (C=O) groups excluding carboxylic acids is 1. The Morgan fingerprint density at radius 2 is 1.88 bits per heavy atom. The van der Waals surface area contributed by atoms with Gasteiger partial charge in [-0.05, 0) is 50.1 Å². The second-order valence-corrected chi connectivity index (χ2v) is 5.71. The molecule has 6 heteroatoms. The number of nitrogens with zero attached hydrogens (tertiary/aromatic N) is 2. The molecule has 3 aromatic rings. The Bertz CT molecular complexity index is 992. The second kappa shape index (κ2) is 6.16. The predicted molar refractivity (Wildman–Crippen MR) is 94.8 cm³/mol. The molecule has 0 aliphatic rings. The van der Waals surface area contributed by atoms with Crippen molar-refractivity contribution < 1.29 is 4.79 Å². The number of aromatic nitrogens is 2. The fraction of sp³-hybridized carbons (Fsp3) is 0.167. The van der Waals surface area contributed by atoms with E-state index in [4.69, 9.17) is 0 Å². The van der Waals surface area contributed by atoms with Crippen LogP contribution in [-0.4, -0.2) is 15.4 Å². The van der Waals surface area contributed by atoms with E-state index in [0.29, 0.717) is 17.0 Å². The van der Waals surface area contributed by atoms with E-state index in [9.17, 15) is 9.59 Å². The number of aryl methyl sites for hydroxylation is 3. The first kappa shape index (κ1) is 15.7. The number of hydrogen-bond donors (Lipinski definition) is 2. The molecule has 0 radical (unpaired) electrons. The maximum atomic E-state index is 12.6. The molecule has 2 N–H and O–H groups in total. The highest BCUT2D eigenvalue weighted by atomic mass is 16.2. The van der Waals surface area contributed by atoms with E-state index in [2.05, 4.69) is 15.6 Å². The van der Waals surface area contributed by atoms with Crippen LogP contribution in [0.2, 0.25) is 0 Å². The van der Waals surface area contributed by atoms with E-state index in [1.54, 1.807) is 25.3 Å². The summed E-state index contributed by atoms with van der Waals surface area (Å²) in [6.07, 6.45) is 1.64. The fourth-order valence-electron chi connectivity index (χ4n) is 2.55. The summed E-state index contributed by atoms with van der Waals surface area (Å²) in [6.45, 7) is 5.53. The standard InChI is InChI=1S/C18H18N4O2/c1-11-6-4-8-14(10-11)20-18(24)21-15-13(3)19-16-12(2)7-5-9-22(16)17(15)23/h4-10H,1-3H3,(H2,20,21,24). The Labute approximate surface area is 139 Å². The van der Waals surface area contributed by atoms with Gasteiger partial charge in [-0.2, -0.15) is 0 Å². The molecule has 0 aliphatic heterocycles. The maximum Gasteiger partial charge on any atom is 0.323 e. The molecule has 2 aromatic heterocycles. The topological polar surface area (TPSA) is 75.5 Å². The molecule has 0 spiro atoms. The Morgan fingerprint density at radius 1 is 1.08 bits per heavy atom. The van der Waals surface area contributed by atoms with Gasteiger partial charge < -0.3 is 10.6 Å². The number of amides is 2. The molecular weight excluding hydrogens is 304 g/mol. The third kappa shape index (κ3) is 2.99. The van der Waals surface area contributed by atoms with Crippen LogP contribution in [0.25, 0.3) is 5.65 Å². The van der Waals surface area contributed by atoms with Crippen LogP contribution in [-0.2, 0) is 0 Å².